The van der Waals surface area contributed by atoms with Crippen molar-refractivity contribution in [3.05, 3.63) is 24.2 Å². The molecular weight excluding hydrogens is 176 g/mol. The maximum atomic E-state index is 5.45. The van der Waals surface area contributed by atoms with Gasteiger partial charge < -0.3 is 9.47 Å². The van der Waals surface area contributed by atoms with Gasteiger partial charge in [0, 0.05) is 5.92 Å². The molecule has 2 atom stereocenters. The molecule has 0 unspecified atom stereocenters. The van der Waals surface area contributed by atoms with E-state index in [0.29, 0.717) is 12.0 Å². The van der Waals surface area contributed by atoms with Crippen molar-refractivity contribution in [2.45, 2.75) is 39.2 Å². The normalized spacial score (nSPS) is 26.4. The van der Waals surface area contributed by atoms with E-state index in [4.69, 9.17) is 9.47 Å². The first-order valence-electron chi connectivity index (χ1n) is 5.25. The fraction of sp³-hybridized carbons (Fsp3) is 0.667. The van der Waals surface area contributed by atoms with Crippen molar-refractivity contribution < 1.29 is 9.47 Å². The van der Waals surface area contributed by atoms with Crippen LogP contribution in [0, 0.1) is 5.92 Å². The highest BCUT2D eigenvalue weighted by molar-refractivity contribution is 5.07. The Bertz CT molecular complexity index is 218. The molecule has 0 spiro atoms. The largest absolute Gasteiger partial charge is 0.505 e. The quantitative estimate of drug-likeness (QED) is 0.496. The molecule has 0 amide bonds. The van der Waals surface area contributed by atoms with Gasteiger partial charge in [-0.1, -0.05) is 0 Å². The van der Waals surface area contributed by atoms with Crippen molar-refractivity contribution in [3.63, 3.8) is 0 Å². The van der Waals surface area contributed by atoms with Crippen LogP contribution >= 0.6 is 0 Å². The van der Waals surface area contributed by atoms with Gasteiger partial charge in [0.05, 0.1) is 19.6 Å². The smallest absolute Gasteiger partial charge is 0.102 e. The highest BCUT2D eigenvalue weighted by atomic mass is 16.5. The molecule has 2 heteroatoms. The lowest BCUT2D eigenvalue weighted by molar-refractivity contribution is 0.147. The zero-order chi connectivity index (χ0) is 10.4. The van der Waals surface area contributed by atoms with Gasteiger partial charge in [0.15, 0.2) is 0 Å². The Morgan fingerprint density at radius 2 is 2.36 bits per heavy atom. The van der Waals surface area contributed by atoms with Gasteiger partial charge in [0.2, 0.25) is 0 Å². The number of unbranched alkanes of at least 4 members (excludes halogenated alkanes) is 1. The molecule has 0 saturated heterocycles. The first kappa shape index (κ1) is 11.2. The summed E-state index contributed by atoms with van der Waals surface area (Å²) in [5.74, 6) is 0.617. The van der Waals surface area contributed by atoms with Crippen LogP contribution in [-0.4, -0.2) is 13.2 Å². The average Bonchev–Trinajstić information content (AvgIpc) is 2.48. The van der Waals surface area contributed by atoms with Crippen molar-refractivity contribution in [2.75, 3.05) is 7.11 Å². The zero-order valence-electron chi connectivity index (χ0n) is 9.32. The summed E-state index contributed by atoms with van der Waals surface area (Å²) in [5, 5.41) is 0. The van der Waals surface area contributed by atoms with Gasteiger partial charge in [-0.15, -0.1) is 0 Å². The molecule has 0 saturated carbocycles. The summed E-state index contributed by atoms with van der Waals surface area (Å²) in [5.41, 5.74) is 1.38. The van der Waals surface area contributed by atoms with Crippen LogP contribution in [0.1, 0.15) is 33.1 Å². The minimum absolute atomic E-state index is 0.362. The monoisotopic (exact) mass is 196 g/mol. The number of hydrogen-bond donors (Lipinski definition) is 0. The third kappa shape index (κ3) is 3.09. The summed E-state index contributed by atoms with van der Waals surface area (Å²) in [6.45, 7) is 4.29. The molecule has 1 aliphatic heterocycles. The molecule has 14 heavy (non-hydrogen) atoms. The highest BCUT2D eigenvalue weighted by Crippen LogP contribution is 2.29. The Balaban J connectivity index is 2.18. The summed E-state index contributed by atoms with van der Waals surface area (Å²) in [4.78, 5) is 0. The van der Waals surface area contributed by atoms with Gasteiger partial charge in [-0.25, -0.2) is 0 Å². The Labute approximate surface area is 86.6 Å². The minimum atomic E-state index is 0.362. The van der Waals surface area contributed by atoms with E-state index >= 15 is 0 Å². The van der Waals surface area contributed by atoms with Crippen molar-refractivity contribution in [3.8, 4) is 0 Å². The lowest BCUT2D eigenvalue weighted by Crippen LogP contribution is -2.13. The van der Waals surface area contributed by atoms with E-state index in [1.807, 2.05) is 6.26 Å². The van der Waals surface area contributed by atoms with Gasteiger partial charge in [0.25, 0.3) is 0 Å². The highest BCUT2D eigenvalue weighted by Gasteiger charge is 2.24. The van der Waals surface area contributed by atoms with E-state index in [2.05, 4.69) is 19.9 Å². The molecule has 1 rings (SSSR count). The van der Waals surface area contributed by atoms with Gasteiger partial charge >= 0.3 is 0 Å². The number of ether oxygens (including phenoxy) is 2. The first-order valence-corrected chi connectivity index (χ1v) is 5.25. The van der Waals surface area contributed by atoms with Crippen LogP contribution in [0.5, 0.6) is 0 Å². The summed E-state index contributed by atoms with van der Waals surface area (Å²) in [6.07, 6.45) is 9.57. The van der Waals surface area contributed by atoms with Crippen molar-refractivity contribution in [1.82, 2.24) is 0 Å². The molecule has 0 N–H and O–H groups in total. The molecule has 0 radical (unpaired) electrons. The maximum Gasteiger partial charge on any atom is 0.102 e. The van der Waals surface area contributed by atoms with E-state index in [1.54, 1.807) is 13.4 Å². The number of allylic oxidation sites excluding steroid dienone is 1. The molecule has 0 fully saturated rings. The van der Waals surface area contributed by atoms with Crippen LogP contribution in [0.2, 0.25) is 0 Å². The molecule has 2 nitrogen and oxygen atoms in total. The van der Waals surface area contributed by atoms with Gasteiger partial charge in [0.1, 0.15) is 6.10 Å². The number of rotatable bonds is 5. The molecule has 0 aromatic heterocycles. The molecular formula is C12H20O2. The average molecular weight is 196 g/mol. The first-order chi connectivity index (χ1) is 6.75. The van der Waals surface area contributed by atoms with Crippen molar-refractivity contribution >= 4 is 0 Å². The Kier molecular flexibility index (Phi) is 4.57. The Hall–Kier alpha value is -0.920. The van der Waals surface area contributed by atoms with E-state index < -0.39 is 0 Å². The van der Waals surface area contributed by atoms with Crippen LogP contribution in [-0.2, 0) is 9.47 Å². The lowest BCUT2D eigenvalue weighted by Gasteiger charge is -2.15. The molecule has 80 valence electrons. The predicted octanol–water partition coefficient (Wildman–Crippen LogP) is 3.26. The molecule has 1 heterocycles. The van der Waals surface area contributed by atoms with Gasteiger partial charge in [-0.05, 0) is 44.8 Å². The Morgan fingerprint density at radius 1 is 1.57 bits per heavy atom. The van der Waals surface area contributed by atoms with Crippen LogP contribution in [0.4, 0.5) is 0 Å². The second kappa shape index (κ2) is 5.74. The summed E-state index contributed by atoms with van der Waals surface area (Å²) < 4.78 is 10.3. The van der Waals surface area contributed by atoms with E-state index in [0.717, 1.165) is 6.42 Å². The lowest BCUT2D eigenvalue weighted by atomic mass is 9.92. The van der Waals surface area contributed by atoms with Crippen molar-refractivity contribution in [2.24, 2.45) is 5.92 Å². The van der Waals surface area contributed by atoms with E-state index in [-0.39, 0.29) is 0 Å². The predicted molar refractivity (Wildman–Crippen MR) is 57.8 cm³/mol. The number of methoxy groups -OCH3 is 1. The van der Waals surface area contributed by atoms with Crippen LogP contribution in [0.25, 0.3) is 0 Å². The van der Waals surface area contributed by atoms with Gasteiger partial charge in [-0.2, -0.15) is 0 Å². The number of hydrogen-bond acceptors (Lipinski definition) is 2. The second-order valence-electron chi connectivity index (χ2n) is 3.85. The summed E-state index contributed by atoms with van der Waals surface area (Å²) in [7, 11) is 1.68. The molecule has 1 aliphatic rings. The van der Waals surface area contributed by atoms with E-state index in [9.17, 15) is 0 Å². The minimum Gasteiger partial charge on any atom is -0.505 e. The Morgan fingerprint density at radius 3 is 2.93 bits per heavy atom. The summed E-state index contributed by atoms with van der Waals surface area (Å²) in [6, 6.07) is 0. The topological polar surface area (TPSA) is 18.5 Å². The zero-order valence-corrected chi connectivity index (χ0v) is 9.32. The third-order valence-electron chi connectivity index (χ3n) is 2.74. The van der Waals surface area contributed by atoms with Crippen LogP contribution < -0.4 is 0 Å². The van der Waals surface area contributed by atoms with Crippen LogP contribution in [0.15, 0.2) is 24.2 Å². The maximum absolute atomic E-state index is 5.45. The SMILES string of the molecule is COC=CCCC[C@H]1C(C)=CO[C@H]1C. The fourth-order valence-corrected chi connectivity index (χ4v) is 1.85. The standard InChI is InChI=1S/C12H20O2/c1-10-9-14-11(2)12(10)7-5-4-6-8-13-3/h6,8-9,11-12H,4-5,7H2,1-3H3/t11-,12-/m0/s1. The van der Waals surface area contributed by atoms with Gasteiger partial charge in [-0.3, -0.25) is 0 Å². The summed E-state index contributed by atoms with van der Waals surface area (Å²) >= 11 is 0. The fourth-order valence-electron chi connectivity index (χ4n) is 1.85. The van der Waals surface area contributed by atoms with E-state index in [1.165, 1.54) is 18.4 Å². The van der Waals surface area contributed by atoms with Crippen molar-refractivity contribution in [1.29, 1.82) is 0 Å². The molecule has 0 aromatic rings. The molecule has 0 aliphatic carbocycles. The van der Waals surface area contributed by atoms with Crippen LogP contribution in [0.3, 0.4) is 0 Å². The molecule has 0 aromatic carbocycles. The second-order valence-corrected chi connectivity index (χ2v) is 3.85. The molecule has 0 bridgehead atoms. The third-order valence-corrected chi connectivity index (χ3v) is 2.74.